The van der Waals surface area contributed by atoms with E-state index in [1.54, 1.807) is 4.90 Å². The van der Waals surface area contributed by atoms with Gasteiger partial charge in [-0.05, 0) is 56.0 Å². The molecular formula is C22H29N3O4S. The minimum atomic E-state index is -3.38. The molecule has 0 unspecified atom stereocenters. The third kappa shape index (κ3) is 6.21. The summed E-state index contributed by atoms with van der Waals surface area (Å²) in [5.74, 6) is 1.48. The summed E-state index contributed by atoms with van der Waals surface area (Å²) in [6.45, 7) is 3.00. The van der Waals surface area contributed by atoms with Crippen molar-refractivity contribution in [2.45, 2.75) is 38.3 Å². The van der Waals surface area contributed by atoms with E-state index in [9.17, 15) is 13.2 Å². The molecule has 0 saturated carbocycles. The molecular weight excluding hydrogens is 402 g/mol. The number of hydrogen-bond acceptors (Lipinski definition) is 4. The van der Waals surface area contributed by atoms with Crippen LogP contribution in [-0.4, -0.2) is 50.8 Å². The first-order chi connectivity index (χ1) is 14.4. The molecule has 0 spiro atoms. The van der Waals surface area contributed by atoms with E-state index in [4.69, 9.17) is 4.74 Å². The van der Waals surface area contributed by atoms with Crippen LogP contribution in [-0.2, 0) is 16.4 Å². The number of ether oxygens (including phenoxy) is 1. The Kier molecular flexibility index (Phi) is 7.33. The Morgan fingerprint density at radius 3 is 2.40 bits per heavy atom. The van der Waals surface area contributed by atoms with Crippen molar-refractivity contribution >= 4 is 16.1 Å². The third-order valence-corrected chi connectivity index (χ3v) is 5.81. The first-order valence-corrected chi connectivity index (χ1v) is 12.1. The molecule has 1 aliphatic rings. The fourth-order valence-electron chi connectivity index (χ4n) is 3.79. The van der Waals surface area contributed by atoms with Crippen LogP contribution in [0, 0.1) is 0 Å². The highest BCUT2D eigenvalue weighted by Gasteiger charge is 2.35. The van der Waals surface area contributed by atoms with E-state index >= 15 is 0 Å². The van der Waals surface area contributed by atoms with Crippen LogP contribution in [0.1, 0.15) is 25.3 Å². The van der Waals surface area contributed by atoms with Crippen molar-refractivity contribution in [2.75, 3.05) is 19.3 Å². The molecule has 1 fully saturated rings. The fraction of sp³-hybridized carbons (Fsp3) is 0.409. The molecule has 1 aliphatic heterocycles. The summed E-state index contributed by atoms with van der Waals surface area (Å²) in [6.07, 6.45) is 3.16. The second kappa shape index (κ2) is 9.95. The Morgan fingerprint density at radius 2 is 1.77 bits per heavy atom. The molecule has 30 heavy (non-hydrogen) atoms. The van der Waals surface area contributed by atoms with E-state index in [1.165, 1.54) is 0 Å². The lowest BCUT2D eigenvalue weighted by atomic mass is 9.91. The standard InChI is InChI=1S/C22H29N3O4S/c1-3-23-22(26)25-15-7-10-20(24-30(2,27)28)21(25)16-17-11-13-19(14-12-17)29-18-8-5-4-6-9-18/h4-6,8-9,11-14,20-21,24H,3,7,10,15-16H2,1-2H3,(H,23,26)/t20-,21-/m0/s1. The number of sulfonamides is 1. The lowest BCUT2D eigenvalue weighted by Gasteiger charge is -2.41. The zero-order chi connectivity index (χ0) is 21.6. The number of benzene rings is 2. The summed E-state index contributed by atoms with van der Waals surface area (Å²) in [7, 11) is -3.38. The number of nitrogens with one attached hydrogen (secondary N) is 2. The van der Waals surface area contributed by atoms with Gasteiger partial charge >= 0.3 is 6.03 Å². The lowest BCUT2D eigenvalue weighted by Crippen LogP contribution is -2.59. The molecule has 2 aromatic carbocycles. The summed E-state index contributed by atoms with van der Waals surface area (Å²) in [4.78, 5) is 14.3. The fourth-order valence-corrected chi connectivity index (χ4v) is 4.61. The first-order valence-electron chi connectivity index (χ1n) is 10.2. The molecule has 0 aliphatic carbocycles. The van der Waals surface area contributed by atoms with Crippen LogP contribution in [0.2, 0.25) is 0 Å². The van der Waals surface area contributed by atoms with Crippen LogP contribution in [0.15, 0.2) is 54.6 Å². The second-order valence-electron chi connectivity index (χ2n) is 7.50. The smallest absolute Gasteiger partial charge is 0.317 e. The number of para-hydroxylation sites is 1. The normalized spacial score (nSPS) is 19.3. The molecule has 7 nitrogen and oxygen atoms in total. The van der Waals surface area contributed by atoms with Gasteiger partial charge in [0.25, 0.3) is 0 Å². The van der Waals surface area contributed by atoms with E-state index in [-0.39, 0.29) is 18.1 Å². The maximum Gasteiger partial charge on any atom is 0.317 e. The van der Waals surface area contributed by atoms with Crippen molar-refractivity contribution in [2.24, 2.45) is 0 Å². The van der Waals surface area contributed by atoms with Crippen LogP contribution < -0.4 is 14.8 Å². The van der Waals surface area contributed by atoms with Gasteiger partial charge in [0.05, 0.1) is 12.3 Å². The van der Waals surface area contributed by atoms with Gasteiger partial charge in [0.1, 0.15) is 11.5 Å². The Bertz CT molecular complexity index is 933. The van der Waals surface area contributed by atoms with Gasteiger partial charge in [-0.3, -0.25) is 0 Å². The van der Waals surface area contributed by atoms with Crippen LogP contribution in [0.3, 0.4) is 0 Å². The van der Waals surface area contributed by atoms with Crippen LogP contribution in [0.25, 0.3) is 0 Å². The van der Waals surface area contributed by atoms with Crippen LogP contribution >= 0.6 is 0 Å². The van der Waals surface area contributed by atoms with Gasteiger partial charge in [-0.2, -0.15) is 0 Å². The van der Waals surface area contributed by atoms with Crippen molar-refractivity contribution in [3.63, 3.8) is 0 Å². The predicted octanol–water partition coefficient (Wildman–Crippen LogP) is 3.13. The average Bonchev–Trinajstić information content (AvgIpc) is 2.70. The number of rotatable bonds is 7. The first kappa shape index (κ1) is 22.1. The quantitative estimate of drug-likeness (QED) is 0.705. The van der Waals surface area contributed by atoms with E-state index < -0.39 is 10.0 Å². The minimum Gasteiger partial charge on any atom is -0.457 e. The van der Waals surface area contributed by atoms with Gasteiger partial charge in [-0.1, -0.05) is 30.3 Å². The Hall–Kier alpha value is -2.58. The molecule has 0 bridgehead atoms. The molecule has 2 aromatic rings. The average molecular weight is 432 g/mol. The molecule has 2 atom stereocenters. The number of piperidine rings is 1. The van der Waals surface area contributed by atoms with Crippen molar-refractivity contribution in [1.29, 1.82) is 0 Å². The van der Waals surface area contributed by atoms with Gasteiger partial charge < -0.3 is 15.0 Å². The number of hydrogen-bond donors (Lipinski definition) is 2. The summed E-state index contributed by atoms with van der Waals surface area (Å²) in [6, 6.07) is 16.5. The van der Waals surface area contributed by atoms with E-state index in [0.29, 0.717) is 25.9 Å². The number of urea groups is 1. The number of nitrogens with zero attached hydrogens (tertiary/aromatic N) is 1. The van der Waals surface area contributed by atoms with Crippen molar-refractivity contribution in [1.82, 2.24) is 14.9 Å². The summed E-state index contributed by atoms with van der Waals surface area (Å²) < 4.78 is 32.3. The maximum atomic E-state index is 12.6. The largest absolute Gasteiger partial charge is 0.457 e. The molecule has 2 amide bonds. The number of carbonyl (C=O) groups excluding carboxylic acids is 1. The molecule has 8 heteroatoms. The topological polar surface area (TPSA) is 87.7 Å². The third-order valence-electron chi connectivity index (χ3n) is 5.08. The number of carbonyl (C=O) groups is 1. The monoisotopic (exact) mass is 431 g/mol. The zero-order valence-electron chi connectivity index (χ0n) is 17.4. The number of likely N-dealkylation sites (tertiary alicyclic amines) is 1. The van der Waals surface area contributed by atoms with Crippen molar-refractivity contribution < 1.29 is 17.9 Å². The van der Waals surface area contributed by atoms with Gasteiger partial charge in [-0.15, -0.1) is 0 Å². The molecule has 1 heterocycles. The van der Waals surface area contributed by atoms with Crippen LogP contribution in [0.4, 0.5) is 4.79 Å². The highest BCUT2D eigenvalue weighted by atomic mass is 32.2. The minimum absolute atomic E-state index is 0.161. The SMILES string of the molecule is CCNC(=O)N1CCC[C@H](NS(C)(=O)=O)[C@@H]1Cc1ccc(Oc2ccccc2)cc1. The van der Waals surface area contributed by atoms with Crippen molar-refractivity contribution in [3.8, 4) is 11.5 Å². The van der Waals surface area contributed by atoms with E-state index in [0.717, 1.165) is 29.7 Å². The molecule has 0 aromatic heterocycles. The Balaban J connectivity index is 1.76. The summed E-state index contributed by atoms with van der Waals surface area (Å²) in [5, 5.41) is 2.84. The Labute approximate surface area is 178 Å². The van der Waals surface area contributed by atoms with Gasteiger partial charge in [0.15, 0.2) is 0 Å². The zero-order valence-corrected chi connectivity index (χ0v) is 18.2. The van der Waals surface area contributed by atoms with Crippen LogP contribution in [0.5, 0.6) is 11.5 Å². The highest BCUT2D eigenvalue weighted by Crippen LogP contribution is 2.25. The maximum absolute atomic E-state index is 12.6. The van der Waals surface area contributed by atoms with Crippen molar-refractivity contribution in [3.05, 3.63) is 60.2 Å². The highest BCUT2D eigenvalue weighted by molar-refractivity contribution is 7.88. The lowest BCUT2D eigenvalue weighted by molar-refractivity contribution is 0.134. The molecule has 162 valence electrons. The number of amides is 2. The van der Waals surface area contributed by atoms with Gasteiger partial charge in [0, 0.05) is 19.1 Å². The predicted molar refractivity (Wildman–Crippen MR) is 117 cm³/mol. The molecule has 0 radical (unpaired) electrons. The van der Waals surface area contributed by atoms with E-state index in [2.05, 4.69) is 10.0 Å². The molecule has 1 saturated heterocycles. The summed E-state index contributed by atoms with van der Waals surface area (Å²) >= 11 is 0. The molecule has 2 N–H and O–H groups in total. The second-order valence-corrected chi connectivity index (χ2v) is 9.28. The Morgan fingerprint density at radius 1 is 1.10 bits per heavy atom. The van der Waals surface area contributed by atoms with E-state index in [1.807, 2.05) is 61.5 Å². The van der Waals surface area contributed by atoms with Gasteiger partial charge in [-0.25, -0.2) is 17.9 Å². The molecule has 3 rings (SSSR count). The summed E-state index contributed by atoms with van der Waals surface area (Å²) in [5.41, 5.74) is 1.01. The van der Waals surface area contributed by atoms with Gasteiger partial charge in [0.2, 0.25) is 10.0 Å².